The lowest BCUT2D eigenvalue weighted by atomic mass is 10.1. The SMILES string of the molecule is CC.OCC1CCCCN1. The molecule has 1 fully saturated rings. The van der Waals surface area contributed by atoms with Crippen molar-refractivity contribution in [1.82, 2.24) is 5.32 Å². The summed E-state index contributed by atoms with van der Waals surface area (Å²) in [5, 5.41) is 11.8. The summed E-state index contributed by atoms with van der Waals surface area (Å²) in [6.07, 6.45) is 3.70. The Morgan fingerprint density at radius 3 is 2.40 bits per heavy atom. The molecule has 2 nitrogen and oxygen atoms in total. The minimum absolute atomic E-state index is 0.306. The molecule has 0 amide bonds. The monoisotopic (exact) mass is 145 g/mol. The van der Waals surface area contributed by atoms with Crippen molar-refractivity contribution in [3.63, 3.8) is 0 Å². The van der Waals surface area contributed by atoms with Crippen LogP contribution in [-0.4, -0.2) is 24.3 Å². The average Bonchev–Trinajstić information content (AvgIpc) is 2.10. The molecule has 0 aromatic heterocycles. The lowest BCUT2D eigenvalue weighted by Gasteiger charge is -2.20. The van der Waals surface area contributed by atoms with E-state index < -0.39 is 0 Å². The van der Waals surface area contributed by atoms with Crippen LogP contribution in [0.25, 0.3) is 0 Å². The zero-order valence-corrected chi connectivity index (χ0v) is 7.06. The highest BCUT2D eigenvalue weighted by Crippen LogP contribution is 2.04. The van der Waals surface area contributed by atoms with E-state index >= 15 is 0 Å². The molecule has 1 saturated heterocycles. The number of hydrogen-bond acceptors (Lipinski definition) is 2. The van der Waals surface area contributed by atoms with Crippen LogP contribution in [0.15, 0.2) is 0 Å². The van der Waals surface area contributed by atoms with Crippen LogP contribution in [0.2, 0.25) is 0 Å². The number of aliphatic hydroxyl groups is 1. The maximum atomic E-state index is 8.63. The standard InChI is InChI=1S/C6H13NO.C2H6/c8-5-6-3-1-2-4-7-6;1-2/h6-8H,1-5H2;1-2H3. The third kappa shape index (κ3) is 3.85. The van der Waals surface area contributed by atoms with Crippen molar-refractivity contribution in [3.05, 3.63) is 0 Å². The van der Waals surface area contributed by atoms with Gasteiger partial charge in [0.15, 0.2) is 0 Å². The van der Waals surface area contributed by atoms with Crippen LogP contribution in [0.1, 0.15) is 33.1 Å². The molecule has 1 heterocycles. The lowest BCUT2D eigenvalue weighted by Crippen LogP contribution is -2.36. The number of aliphatic hydroxyl groups excluding tert-OH is 1. The van der Waals surface area contributed by atoms with Crippen molar-refractivity contribution in [2.24, 2.45) is 0 Å². The number of hydrogen-bond donors (Lipinski definition) is 2. The Balaban J connectivity index is 0.000000371. The first kappa shape index (κ1) is 9.92. The van der Waals surface area contributed by atoms with Gasteiger partial charge in [0, 0.05) is 6.04 Å². The third-order valence-corrected chi connectivity index (χ3v) is 1.63. The predicted octanol–water partition coefficient (Wildman–Crippen LogP) is 1.15. The summed E-state index contributed by atoms with van der Waals surface area (Å²) in [6.45, 7) is 5.39. The summed E-state index contributed by atoms with van der Waals surface area (Å²) >= 11 is 0. The number of piperidine rings is 1. The van der Waals surface area contributed by atoms with Crippen LogP contribution in [-0.2, 0) is 0 Å². The fourth-order valence-electron chi connectivity index (χ4n) is 1.08. The molecule has 0 saturated carbocycles. The molecular weight excluding hydrogens is 126 g/mol. The quantitative estimate of drug-likeness (QED) is 0.580. The minimum atomic E-state index is 0.306. The van der Waals surface area contributed by atoms with Gasteiger partial charge in [0.05, 0.1) is 6.61 Å². The topological polar surface area (TPSA) is 32.3 Å². The molecule has 10 heavy (non-hydrogen) atoms. The van der Waals surface area contributed by atoms with E-state index in [9.17, 15) is 0 Å². The largest absolute Gasteiger partial charge is 0.395 e. The van der Waals surface area contributed by atoms with Gasteiger partial charge >= 0.3 is 0 Å². The molecule has 0 spiro atoms. The van der Waals surface area contributed by atoms with Crippen LogP contribution < -0.4 is 5.32 Å². The molecule has 1 unspecified atom stereocenters. The first-order valence-electron chi connectivity index (χ1n) is 4.27. The summed E-state index contributed by atoms with van der Waals surface area (Å²) in [5.41, 5.74) is 0. The highest BCUT2D eigenvalue weighted by Gasteiger charge is 2.09. The van der Waals surface area contributed by atoms with Gasteiger partial charge in [-0.15, -0.1) is 0 Å². The lowest BCUT2D eigenvalue weighted by molar-refractivity contribution is 0.220. The Bertz CT molecular complexity index is 60.3. The fourth-order valence-corrected chi connectivity index (χ4v) is 1.08. The first-order chi connectivity index (χ1) is 4.93. The second kappa shape index (κ2) is 7.03. The maximum absolute atomic E-state index is 8.63. The minimum Gasteiger partial charge on any atom is -0.395 e. The molecule has 1 aliphatic rings. The van der Waals surface area contributed by atoms with Crippen LogP contribution >= 0.6 is 0 Å². The van der Waals surface area contributed by atoms with E-state index in [4.69, 9.17) is 5.11 Å². The van der Waals surface area contributed by atoms with E-state index in [2.05, 4.69) is 5.32 Å². The molecule has 1 atom stereocenters. The van der Waals surface area contributed by atoms with Crippen molar-refractivity contribution < 1.29 is 5.11 Å². The maximum Gasteiger partial charge on any atom is 0.0584 e. The molecular formula is C8H19NO. The van der Waals surface area contributed by atoms with Gasteiger partial charge in [0.25, 0.3) is 0 Å². The van der Waals surface area contributed by atoms with Gasteiger partial charge in [-0.25, -0.2) is 0 Å². The Morgan fingerprint density at radius 1 is 1.40 bits per heavy atom. The van der Waals surface area contributed by atoms with Gasteiger partial charge < -0.3 is 10.4 Å². The van der Waals surface area contributed by atoms with Crippen LogP contribution in [0, 0.1) is 0 Å². The van der Waals surface area contributed by atoms with Crippen LogP contribution in [0.5, 0.6) is 0 Å². The molecule has 1 rings (SSSR count). The highest BCUT2D eigenvalue weighted by molar-refractivity contribution is 4.69. The molecule has 0 aliphatic carbocycles. The molecule has 0 bridgehead atoms. The smallest absolute Gasteiger partial charge is 0.0584 e. The van der Waals surface area contributed by atoms with Gasteiger partial charge in [0.2, 0.25) is 0 Å². The van der Waals surface area contributed by atoms with E-state index in [-0.39, 0.29) is 0 Å². The van der Waals surface area contributed by atoms with Crippen molar-refractivity contribution in [3.8, 4) is 0 Å². The molecule has 0 radical (unpaired) electrons. The van der Waals surface area contributed by atoms with Crippen LogP contribution in [0.4, 0.5) is 0 Å². The first-order valence-corrected chi connectivity index (χ1v) is 4.27. The molecule has 0 aromatic rings. The molecule has 2 N–H and O–H groups in total. The predicted molar refractivity (Wildman–Crippen MR) is 44.1 cm³/mol. The van der Waals surface area contributed by atoms with Gasteiger partial charge in [-0.05, 0) is 19.4 Å². The average molecular weight is 145 g/mol. The van der Waals surface area contributed by atoms with Gasteiger partial charge in [-0.1, -0.05) is 20.3 Å². The van der Waals surface area contributed by atoms with Crippen LogP contribution in [0.3, 0.4) is 0 Å². The van der Waals surface area contributed by atoms with E-state index in [1.807, 2.05) is 13.8 Å². The fraction of sp³-hybridized carbons (Fsp3) is 1.00. The van der Waals surface area contributed by atoms with Crippen molar-refractivity contribution >= 4 is 0 Å². The summed E-state index contributed by atoms with van der Waals surface area (Å²) in [5.74, 6) is 0. The van der Waals surface area contributed by atoms with E-state index in [0.717, 1.165) is 13.0 Å². The van der Waals surface area contributed by atoms with Crippen molar-refractivity contribution in [1.29, 1.82) is 0 Å². The van der Waals surface area contributed by atoms with Crippen molar-refractivity contribution in [2.75, 3.05) is 13.2 Å². The molecule has 62 valence electrons. The number of nitrogens with one attached hydrogen (secondary N) is 1. The van der Waals surface area contributed by atoms with E-state index in [1.54, 1.807) is 0 Å². The van der Waals surface area contributed by atoms with Gasteiger partial charge in [-0.2, -0.15) is 0 Å². The summed E-state index contributed by atoms with van der Waals surface area (Å²) in [6, 6.07) is 0.392. The summed E-state index contributed by atoms with van der Waals surface area (Å²) in [4.78, 5) is 0. The third-order valence-electron chi connectivity index (χ3n) is 1.63. The molecule has 1 aliphatic heterocycles. The number of rotatable bonds is 1. The van der Waals surface area contributed by atoms with Gasteiger partial charge in [-0.3, -0.25) is 0 Å². The molecule has 2 heteroatoms. The van der Waals surface area contributed by atoms with Gasteiger partial charge in [0.1, 0.15) is 0 Å². The Kier molecular flexibility index (Phi) is 6.98. The second-order valence-electron chi connectivity index (χ2n) is 2.33. The second-order valence-corrected chi connectivity index (χ2v) is 2.33. The Hall–Kier alpha value is -0.0800. The van der Waals surface area contributed by atoms with E-state index in [1.165, 1.54) is 12.8 Å². The Morgan fingerprint density at radius 2 is 2.10 bits per heavy atom. The molecule has 0 aromatic carbocycles. The van der Waals surface area contributed by atoms with E-state index in [0.29, 0.717) is 12.6 Å². The normalized spacial score (nSPS) is 24.9. The highest BCUT2D eigenvalue weighted by atomic mass is 16.3. The van der Waals surface area contributed by atoms with Crippen molar-refractivity contribution in [2.45, 2.75) is 39.2 Å². The summed E-state index contributed by atoms with van der Waals surface area (Å²) in [7, 11) is 0. The summed E-state index contributed by atoms with van der Waals surface area (Å²) < 4.78 is 0. The zero-order valence-electron chi connectivity index (χ0n) is 7.06. The Labute approximate surface area is 63.6 Å². The zero-order chi connectivity index (χ0) is 7.82.